The van der Waals surface area contributed by atoms with Crippen LogP contribution in [0, 0.1) is 24.5 Å². The number of nitrogens with zero attached hydrogens (tertiary/aromatic N) is 4. The number of benzene rings is 1. The fraction of sp³-hybridized carbons (Fsp3) is 0.471. The first kappa shape index (κ1) is 17.5. The highest BCUT2D eigenvalue weighted by molar-refractivity contribution is 5.67. The minimum absolute atomic E-state index is 0.0173. The molecule has 134 valence electrons. The smallest absolute Gasteiger partial charge is 0.303 e. The van der Waals surface area contributed by atoms with Gasteiger partial charge >= 0.3 is 5.97 Å². The van der Waals surface area contributed by atoms with Gasteiger partial charge in [0.2, 0.25) is 0 Å². The lowest BCUT2D eigenvalue weighted by atomic mass is 9.91. The molecule has 0 spiro atoms. The van der Waals surface area contributed by atoms with Crippen molar-refractivity contribution in [2.75, 3.05) is 13.1 Å². The summed E-state index contributed by atoms with van der Waals surface area (Å²) in [4.78, 5) is 13.1. The van der Waals surface area contributed by atoms with Crippen molar-refractivity contribution >= 4 is 5.97 Å². The number of carboxylic acids is 1. The molecule has 1 aromatic heterocycles. The minimum Gasteiger partial charge on any atom is -0.481 e. The lowest BCUT2D eigenvalue weighted by Gasteiger charge is -2.17. The maximum absolute atomic E-state index is 14.3. The fourth-order valence-electron chi connectivity index (χ4n) is 3.47. The number of aliphatic carboxylic acids is 1. The Balaban J connectivity index is 1.82. The van der Waals surface area contributed by atoms with Crippen LogP contribution in [0.25, 0.3) is 0 Å². The molecule has 1 N–H and O–H groups in total. The number of halogens is 2. The van der Waals surface area contributed by atoms with Crippen LogP contribution < -0.4 is 0 Å². The van der Waals surface area contributed by atoms with E-state index in [1.165, 1.54) is 12.1 Å². The van der Waals surface area contributed by atoms with E-state index in [0.717, 1.165) is 0 Å². The van der Waals surface area contributed by atoms with Gasteiger partial charge in [0.05, 0.1) is 12.1 Å². The van der Waals surface area contributed by atoms with Gasteiger partial charge in [-0.2, -0.15) is 0 Å². The topological polar surface area (TPSA) is 71.2 Å². The lowest BCUT2D eigenvalue weighted by molar-refractivity contribution is -0.138. The number of aromatic nitrogens is 3. The van der Waals surface area contributed by atoms with Gasteiger partial charge in [0.15, 0.2) is 0 Å². The van der Waals surface area contributed by atoms with Gasteiger partial charge < -0.3 is 5.11 Å². The number of carbonyl (C=O) groups is 1. The van der Waals surface area contributed by atoms with E-state index >= 15 is 0 Å². The first-order chi connectivity index (χ1) is 11.8. The highest BCUT2D eigenvalue weighted by atomic mass is 19.1. The quantitative estimate of drug-likeness (QED) is 0.894. The third kappa shape index (κ3) is 3.68. The highest BCUT2D eigenvalue weighted by Crippen LogP contribution is 2.35. The molecule has 3 rings (SSSR count). The molecule has 1 aliphatic heterocycles. The van der Waals surface area contributed by atoms with Gasteiger partial charge in [0, 0.05) is 44.4 Å². The van der Waals surface area contributed by atoms with Crippen molar-refractivity contribution < 1.29 is 18.7 Å². The van der Waals surface area contributed by atoms with Crippen molar-refractivity contribution in [2.45, 2.75) is 25.8 Å². The molecule has 1 aliphatic rings. The second-order valence-corrected chi connectivity index (χ2v) is 6.63. The summed E-state index contributed by atoms with van der Waals surface area (Å²) in [7, 11) is 1.74. The molecule has 0 amide bonds. The van der Waals surface area contributed by atoms with Gasteiger partial charge in [-0.25, -0.2) is 8.78 Å². The van der Waals surface area contributed by atoms with Crippen LogP contribution in [-0.2, 0) is 18.4 Å². The summed E-state index contributed by atoms with van der Waals surface area (Å²) in [6.07, 6.45) is 1.74. The van der Waals surface area contributed by atoms with Crippen molar-refractivity contribution in [3.05, 3.63) is 46.8 Å². The van der Waals surface area contributed by atoms with Crippen LogP contribution in [0.3, 0.4) is 0 Å². The Morgan fingerprint density at radius 3 is 2.76 bits per heavy atom. The molecule has 25 heavy (non-hydrogen) atoms. The summed E-state index contributed by atoms with van der Waals surface area (Å²) >= 11 is 0. The zero-order valence-corrected chi connectivity index (χ0v) is 14.1. The number of aryl methyl sites for hydroxylation is 2. The first-order valence-electron chi connectivity index (χ1n) is 8.09. The maximum Gasteiger partial charge on any atom is 0.303 e. The minimum atomic E-state index is -0.895. The van der Waals surface area contributed by atoms with E-state index in [9.17, 15) is 13.6 Å². The molecule has 0 radical (unpaired) electrons. The average molecular weight is 350 g/mol. The molecule has 0 unspecified atom stereocenters. The predicted molar refractivity (Wildman–Crippen MR) is 85.9 cm³/mol. The second kappa shape index (κ2) is 6.87. The predicted octanol–water partition coefficient (Wildman–Crippen LogP) is 2.09. The number of likely N-dealkylation sites (tertiary alicyclic amines) is 1. The molecular formula is C17H20F2N4O2. The van der Waals surface area contributed by atoms with Gasteiger partial charge in [-0.1, -0.05) is 11.3 Å². The molecule has 1 aromatic carbocycles. The fourth-order valence-corrected chi connectivity index (χ4v) is 3.47. The molecule has 1 saturated heterocycles. The van der Waals surface area contributed by atoms with E-state index in [0.29, 0.717) is 24.3 Å². The molecular weight excluding hydrogens is 330 g/mol. The van der Waals surface area contributed by atoms with Crippen molar-refractivity contribution in [3.63, 3.8) is 0 Å². The van der Waals surface area contributed by atoms with Gasteiger partial charge in [-0.3, -0.25) is 14.4 Å². The van der Waals surface area contributed by atoms with Crippen molar-refractivity contribution in [2.24, 2.45) is 13.0 Å². The lowest BCUT2D eigenvalue weighted by Crippen LogP contribution is -2.22. The Kier molecular flexibility index (Phi) is 4.80. The highest BCUT2D eigenvalue weighted by Gasteiger charge is 2.37. The number of carboxylic acid groups (broad SMARTS) is 1. The van der Waals surface area contributed by atoms with Crippen LogP contribution in [0.5, 0.6) is 0 Å². The molecule has 0 aliphatic carbocycles. The van der Waals surface area contributed by atoms with Gasteiger partial charge in [0.25, 0.3) is 0 Å². The van der Waals surface area contributed by atoms with Crippen LogP contribution >= 0.6 is 0 Å². The number of hydrogen-bond acceptors (Lipinski definition) is 4. The van der Waals surface area contributed by atoms with Crippen molar-refractivity contribution in [1.29, 1.82) is 0 Å². The number of rotatable bonds is 5. The summed E-state index contributed by atoms with van der Waals surface area (Å²) in [5, 5.41) is 17.2. The summed E-state index contributed by atoms with van der Waals surface area (Å²) in [5.74, 6) is -2.32. The molecule has 8 heteroatoms. The Bertz CT molecular complexity index is 793. The Hall–Kier alpha value is -2.35. The van der Waals surface area contributed by atoms with Crippen LogP contribution in [0.2, 0.25) is 0 Å². The van der Waals surface area contributed by atoms with E-state index in [4.69, 9.17) is 5.11 Å². The monoisotopic (exact) mass is 350 g/mol. The molecule has 2 heterocycles. The third-order valence-electron chi connectivity index (χ3n) is 4.71. The van der Waals surface area contributed by atoms with E-state index in [1.807, 2.05) is 4.90 Å². The second-order valence-electron chi connectivity index (χ2n) is 6.63. The van der Waals surface area contributed by atoms with Crippen molar-refractivity contribution in [1.82, 2.24) is 19.9 Å². The molecule has 1 fully saturated rings. The Labute approximate surface area is 144 Å². The van der Waals surface area contributed by atoms with Gasteiger partial charge in [-0.15, -0.1) is 5.10 Å². The van der Waals surface area contributed by atoms with Crippen LogP contribution in [0.1, 0.15) is 29.2 Å². The average Bonchev–Trinajstić information content (AvgIpc) is 3.13. The SMILES string of the molecule is Cc1ccc(F)c(CN2C[C@H](CC(=O)O)[C@H](c3cn(C)nn3)C2)c1F. The van der Waals surface area contributed by atoms with E-state index in [1.54, 1.807) is 24.9 Å². The van der Waals surface area contributed by atoms with Crippen molar-refractivity contribution in [3.8, 4) is 0 Å². The summed E-state index contributed by atoms with van der Waals surface area (Å²) < 4.78 is 29.9. The zero-order valence-electron chi connectivity index (χ0n) is 14.1. The van der Waals surface area contributed by atoms with Crippen LogP contribution in [0.15, 0.2) is 18.3 Å². The summed E-state index contributed by atoms with van der Waals surface area (Å²) in [6.45, 7) is 2.63. The standard InChI is InChI=1S/C17H20F2N4O2/c1-10-3-4-14(18)13(17(10)19)8-23-6-11(5-16(24)25)12(7-23)15-9-22(2)21-20-15/h3-4,9,11-12H,5-8H2,1-2H3,(H,24,25)/t11-,12+/m0/s1. The van der Waals surface area contributed by atoms with E-state index in [-0.39, 0.29) is 30.4 Å². The Morgan fingerprint density at radius 2 is 2.12 bits per heavy atom. The summed E-state index contributed by atoms with van der Waals surface area (Å²) in [5.41, 5.74) is 1.12. The van der Waals surface area contributed by atoms with E-state index in [2.05, 4.69) is 10.3 Å². The largest absolute Gasteiger partial charge is 0.481 e. The van der Waals surface area contributed by atoms with Gasteiger partial charge in [-0.05, 0) is 24.5 Å². The zero-order chi connectivity index (χ0) is 18.1. The van der Waals surface area contributed by atoms with Gasteiger partial charge in [0.1, 0.15) is 11.6 Å². The normalized spacial score (nSPS) is 21.0. The Morgan fingerprint density at radius 1 is 1.36 bits per heavy atom. The maximum atomic E-state index is 14.3. The van der Waals surface area contributed by atoms with E-state index < -0.39 is 17.6 Å². The third-order valence-corrected chi connectivity index (χ3v) is 4.71. The molecule has 6 nitrogen and oxygen atoms in total. The number of hydrogen-bond donors (Lipinski definition) is 1. The molecule has 0 saturated carbocycles. The molecule has 2 atom stereocenters. The molecule has 2 aromatic rings. The van der Waals surface area contributed by atoms with Crippen LogP contribution in [0.4, 0.5) is 8.78 Å². The first-order valence-corrected chi connectivity index (χ1v) is 8.09. The van der Waals surface area contributed by atoms with Crippen LogP contribution in [-0.4, -0.2) is 44.1 Å². The molecule has 0 bridgehead atoms. The summed E-state index contributed by atoms with van der Waals surface area (Å²) in [6, 6.07) is 2.67.